The first kappa shape index (κ1) is 15.7. The predicted molar refractivity (Wildman–Crippen MR) is 96.6 cm³/mol. The summed E-state index contributed by atoms with van der Waals surface area (Å²) < 4.78 is 1.59. The van der Waals surface area contributed by atoms with Gasteiger partial charge in [-0.25, -0.2) is 9.67 Å². The molecule has 0 aliphatic heterocycles. The lowest BCUT2D eigenvalue weighted by atomic mass is 10.2. The molecule has 1 saturated carbocycles. The highest BCUT2D eigenvalue weighted by Crippen LogP contribution is 2.40. The minimum atomic E-state index is -0.536. The van der Waals surface area contributed by atoms with Crippen molar-refractivity contribution in [2.45, 2.75) is 25.7 Å². The van der Waals surface area contributed by atoms with E-state index in [0.29, 0.717) is 16.7 Å². The van der Waals surface area contributed by atoms with Crippen LogP contribution in [-0.4, -0.2) is 20.7 Å². The fourth-order valence-corrected chi connectivity index (χ4v) is 3.39. The summed E-state index contributed by atoms with van der Waals surface area (Å²) in [5.74, 6) is -0.0129. The average molecular weight is 352 g/mol. The molecular formula is C18H16N4O2S. The van der Waals surface area contributed by atoms with Gasteiger partial charge in [-0.2, -0.15) is 5.10 Å². The van der Waals surface area contributed by atoms with Crippen LogP contribution in [-0.2, 0) is 0 Å². The Labute approximate surface area is 148 Å². The van der Waals surface area contributed by atoms with Crippen LogP contribution in [0.25, 0.3) is 5.69 Å². The highest BCUT2D eigenvalue weighted by molar-refractivity contribution is 7.14. The van der Waals surface area contributed by atoms with Crippen LogP contribution in [0.4, 0.5) is 5.13 Å². The molecule has 0 spiro atoms. The number of benzene rings is 1. The first-order chi connectivity index (χ1) is 12.1. The monoisotopic (exact) mass is 352 g/mol. The lowest BCUT2D eigenvalue weighted by Gasteiger charge is -2.10. The molecule has 25 heavy (non-hydrogen) atoms. The number of aromatic nitrogens is 3. The maximum Gasteiger partial charge on any atom is 0.281 e. The van der Waals surface area contributed by atoms with Crippen LogP contribution >= 0.6 is 11.3 Å². The summed E-state index contributed by atoms with van der Waals surface area (Å²) in [4.78, 5) is 29.1. The van der Waals surface area contributed by atoms with Crippen LogP contribution in [0.5, 0.6) is 0 Å². The number of amides is 1. The highest BCUT2D eigenvalue weighted by atomic mass is 32.1. The first-order valence-electron chi connectivity index (χ1n) is 8.05. The van der Waals surface area contributed by atoms with Crippen molar-refractivity contribution in [3.63, 3.8) is 0 Å². The number of hydrogen-bond acceptors (Lipinski definition) is 5. The number of carbonyl (C=O) groups is 1. The summed E-state index contributed by atoms with van der Waals surface area (Å²) in [6.45, 7) is 1.78. The number of aryl methyl sites for hydroxylation is 1. The van der Waals surface area contributed by atoms with E-state index in [-0.39, 0.29) is 5.69 Å². The number of rotatable bonds is 4. The van der Waals surface area contributed by atoms with E-state index in [0.717, 1.165) is 24.2 Å². The summed E-state index contributed by atoms with van der Waals surface area (Å²) in [6.07, 6.45) is 2.30. The minimum absolute atomic E-state index is 0.141. The van der Waals surface area contributed by atoms with E-state index in [1.165, 1.54) is 17.4 Å². The Kier molecular flexibility index (Phi) is 3.93. The number of carbonyl (C=O) groups excluding carboxylic acids is 1. The zero-order valence-corrected chi connectivity index (χ0v) is 14.4. The fraction of sp³-hybridized carbons (Fsp3) is 0.222. The number of para-hydroxylation sites is 1. The van der Waals surface area contributed by atoms with Crippen LogP contribution in [0.15, 0.2) is 46.6 Å². The Balaban J connectivity index is 1.64. The van der Waals surface area contributed by atoms with Crippen LogP contribution in [0.2, 0.25) is 0 Å². The summed E-state index contributed by atoms with van der Waals surface area (Å²) in [5.41, 5.74) is 1.93. The number of nitrogens with zero attached hydrogens (tertiary/aromatic N) is 3. The van der Waals surface area contributed by atoms with E-state index in [1.54, 1.807) is 11.6 Å². The molecule has 1 N–H and O–H groups in total. The molecule has 3 aromatic rings. The molecular weight excluding hydrogens is 336 g/mol. The van der Waals surface area contributed by atoms with Gasteiger partial charge in [0.1, 0.15) is 0 Å². The normalized spacial score (nSPS) is 13.6. The van der Waals surface area contributed by atoms with Crippen molar-refractivity contribution in [3.05, 3.63) is 69.1 Å². The average Bonchev–Trinajstić information content (AvgIpc) is 3.35. The van der Waals surface area contributed by atoms with Crippen molar-refractivity contribution in [1.82, 2.24) is 14.8 Å². The van der Waals surface area contributed by atoms with Gasteiger partial charge in [0.25, 0.3) is 5.91 Å². The highest BCUT2D eigenvalue weighted by Gasteiger charge is 2.26. The van der Waals surface area contributed by atoms with Gasteiger partial charge in [-0.05, 0) is 31.9 Å². The second kappa shape index (κ2) is 6.25. The standard InChI is InChI=1S/C18H16N4O2S/c1-11-9-15(23)16(21-22(11)13-5-3-2-4-6-13)17(24)20-18-19-14(10-25-18)12-7-8-12/h2-6,9-10,12H,7-8H2,1H3,(H,19,20,24). The Morgan fingerprint density at radius 2 is 2.04 bits per heavy atom. The zero-order valence-electron chi connectivity index (χ0n) is 13.6. The van der Waals surface area contributed by atoms with Gasteiger partial charge in [-0.3, -0.25) is 14.9 Å². The Morgan fingerprint density at radius 1 is 1.28 bits per heavy atom. The lowest BCUT2D eigenvalue weighted by molar-refractivity contribution is 0.101. The van der Waals surface area contributed by atoms with E-state index < -0.39 is 11.3 Å². The van der Waals surface area contributed by atoms with E-state index in [4.69, 9.17) is 0 Å². The van der Waals surface area contributed by atoms with Crippen LogP contribution in [0.3, 0.4) is 0 Å². The maximum atomic E-state index is 12.5. The van der Waals surface area contributed by atoms with Gasteiger partial charge in [-0.15, -0.1) is 11.3 Å². The Bertz CT molecular complexity index is 990. The van der Waals surface area contributed by atoms with Gasteiger partial charge in [-0.1, -0.05) is 18.2 Å². The van der Waals surface area contributed by atoms with Crippen molar-refractivity contribution >= 4 is 22.4 Å². The zero-order chi connectivity index (χ0) is 17.4. The van der Waals surface area contributed by atoms with E-state index in [2.05, 4.69) is 15.4 Å². The third-order valence-electron chi connectivity index (χ3n) is 4.06. The Morgan fingerprint density at radius 3 is 2.76 bits per heavy atom. The molecule has 126 valence electrons. The smallest absolute Gasteiger partial charge is 0.281 e. The second-order valence-electron chi connectivity index (χ2n) is 6.05. The molecule has 2 aromatic heterocycles. The largest absolute Gasteiger partial charge is 0.296 e. The van der Waals surface area contributed by atoms with Gasteiger partial charge in [0.15, 0.2) is 10.8 Å². The third kappa shape index (κ3) is 3.23. The summed E-state index contributed by atoms with van der Waals surface area (Å²) in [6, 6.07) is 10.8. The molecule has 1 aromatic carbocycles. The molecule has 1 fully saturated rings. The van der Waals surface area contributed by atoms with Crippen molar-refractivity contribution in [1.29, 1.82) is 0 Å². The van der Waals surface area contributed by atoms with Crippen molar-refractivity contribution < 1.29 is 4.79 Å². The summed E-state index contributed by atoms with van der Waals surface area (Å²) in [7, 11) is 0. The van der Waals surface area contributed by atoms with Gasteiger partial charge < -0.3 is 0 Å². The molecule has 2 heterocycles. The maximum absolute atomic E-state index is 12.5. The topological polar surface area (TPSA) is 76.9 Å². The summed E-state index contributed by atoms with van der Waals surface area (Å²) >= 11 is 1.37. The van der Waals surface area contributed by atoms with Crippen molar-refractivity contribution in [3.8, 4) is 5.69 Å². The molecule has 4 rings (SSSR count). The lowest BCUT2D eigenvalue weighted by Crippen LogP contribution is -2.26. The number of nitrogens with one attached hydrogen (secondary N) is 1. The molecule has 6 nitrogen and oxygen atoms in total. The van der Waals surface area contributed by atoms with E-state index in [9.17, 15) is 9.59 Å². The van der Waals surface area contributed by atoms with Gasteiger partial charge in [0, 0.05) is 23.1 Å². The molecule has 0 atom stereocenters. The molecule has 0 bridgehead atoms. The van der Waals surface area contributed by atoms with E-state index >= 15 is 0 Å². The van der Waals surface area contributed by atoms with Crippen LogP contribution in [0, 0.1) is 6.92 Å². The predicted octanol–water partition coefficient (Wildman–Crippen LogP) is 3.13. The molecule has 1 amide bonds. The molecule has 0 radical (unpaired) electrons. The molecule has 1 aliphatic rings. The van der Waals surface area contributed by atoms with Crippen LogP contribution in [0.1, 0.15) is 40.6 Å². The SMILES string of the molecule is Cc1cc(=O)c(C(=O)Nc2nc(C3CC3)cs2)nn1-c1ccccc1. The minimum Gasteiger partial charge on any atom is -0.296 e. The first-order valence-corrected chi connectivity index (χ1v) is 8.93. The Hall–Kier alpha value is -2.80. The van der Waals surface area contributed by atoms with Gasteiger partial charge in [0.2, 0.25) is 5.43 Å². The second-order valence-corrected chi connectivity index (χ2v) is 6.91. The number of anilines is 1. The van der Waals surface area contributed by atoms with Crippen molar-refractivity contribution in [2.24, 2.45) is 0 Å². The molecule has 1 aliphatic carbocycles. The molecule has 0 unspecified atom stereocenters. The fourth-order valence-electron chi connectivity index (χ4n) is 2.60. The number of thiazole rings is 1. The quantitative estimate of drug-likeness (QED) is 0.783. The van der Waals surface area contributed by atoms with Gasteiger partial charge in [0.05, 0.1) is 11.4 Å². The number of hydrogen-bond donors (Lipinski definition) is 1. The molecule has 0 saturated heterocycles. The molecule has 7 heteroatoms. The van der Waals surface area contributed by atoms with E-state index in [1.807, 2.05) is 35.7 Å². The van der Waals surface area contributed by atoms with Gasteiger partial charge >= 0.3 is 0 Å². The third-order valence-corrected chi connectivity index (χ3v) is 4.84. The van der Waals surface area contributed by atoms with Crippen LogP contribution < -0.4 is 10.7 Å². The van der Waals surface area contributed by atoms with Crippen molar-refractivity contribution in [2.75, 3.05) is 5.32 Å². The summed E-state index contributed by atoms with van der Waals surface area (Å²) in [5, 5.41) is 9.41.